The van der Waals surface area contributed by atoms with Crippen molar-refractivity contribution in [1.29, 1.82) is 0 Å². The Bertz CT molecular complexity index is 535. The van der Waals surface area contributed by atoms with Crippen molar-refractivity contribution in [2.75, 3.05) is 11.1 Å². The van der Waals surface area contributed by atoms with Gasteiger partial charge in [0.25, 0.3) is 5.56 Å². The molecule has 1 aromatic rings. The fraction of sp³-hybridized carbons (Fsp3) is 0.250. The predicted octanol–water partition coefficient (Wildman–Crippen LogP) is -1.14. The first kappa shape index (κ1) is 10.1. The Kier molecular flexibility index (Phi) is 2.11. The molecule has 2 rings (SSSR count). The Morgan fingerprint density at radius 1 is 1.50 bits per heavy atom. The van der Waals surface area contributed by atoms with Gasteiger partial charge >= 0.3 is 5.97 Å². The molecule has 0 spiro atoms. The van der Waals surface area contributed by atoms with Crippen LogP contribution in [0.2, 0.25) is 0 Å². The van der Waals surface area contributed by atoms with Crippen molar-refractivity contribution in [2.45, 2.75) is 12.3 Å². The highest BCUT2D eigenvalue weighted by atomic mass is 16.4. The van der Waals surface area contributed by atoms with E-state index in [1.54, 1.807) is 0 Å². The number of aliphatic carboxylic acids is 1. The van der Waals surface area contributed by atoms with Gasteiger partial charge < -0.3 is 16.2 Å². The number of carbonyl (C=O) groups excluding carboxylic acids is 1. The number of carboxylic acids is 1. The van der Waals surface area contributed by atoms with E-state index in [0.29, 0.717) is 0 Å². The topological polar surface area (TPSA) is 138 Å². The number of hydrogen-bond acceptors (Lipinski definition) is 5. The maximum absolute atomic E-state index is 11.5. The Labute approximate surface area is 88.5 Å². The molecule has 1 aromatic heterocycles. The fourth-order valence-electron chi connectivity index (χ4n) is 1.60. The summed E-state index contributed by atoms with van der Waals surface area (Å²) in [6, 6.07) is 0. The van der Waals surface area contributed by atoms with Gasteiger partial charge in [0, 0.05) is 6.42 Å². The molecule has 0 radical (unpaired) electrons. The highest BCUT2D eigenvalue weighted by molar-refractivity contribution is 5.98. The lowest BCUT2D eigenvalue weighted by Gasteiger charge is -2.20. The fourth-order valence-corrected chi connectivity index (χ4v) is 1.60. The number of carbonyl (C=O) groups is 2. The van der Waals surface area contributed by atoms with Gasteiger partial charge in [-0.3, -0.25) is 19.4 Å². The van der Waals surface area contributed by atoms with Crippen LogP contribution in [0.5, 0.6) is 0 Å². The predicted molar refractivity (Wildman–Crippen MR) is 52.9 cm³/mol. The van der Waals surface area contributed by atoms with Crippen molar-refractivity contribution < 1.29 is 14.7 Å². The Hall–Kier alpha value is -2.38. The van der Waals surface area contributed by atoms with Crippen LogP contribution >= 0.6 is 0 Å². The first-order valence-electron chi connectivity index (χ1n) is 4.41. The van der Waals surface area contributed by atoms with Gasteiger partial charge in [-0.25, -0.2) is 0 Å². The second kappa shape index (κ2) is 3.33. The molecule has 16 heavy (non-hydrogen) atoms. The molecular formula is C8H8N4O4. The van der Waals surface area contributed by atoms with E-state index in [9.17, 15) is 14.4 Å². The average Bonchev–Trinajstić information content (AvgIpc) is 2.14. The van der Waals surface area contributed by atoms with Crippen LogP contribution in [0.4, 0.5) is 11.8 Å². The van der Waals surface area contributed by atoms with Crippen LogP contribution in [0, 0.1) is 0 Å². The van der Waals surface area contributed by atoms with E-state index in [1.807, 2.05) is 0 Å². The Balaban J connectivity index is 2.66. The van der Waals surface area contributed by atoms with Gasteiger partial charge in [0.15, 0.2) is 0 Å². The molecular weight excluding hydrogens is 216 g/mol. The molecule has 0 saturated heterocycles. The van der Waals surface area contributed by atoms with Crippen LogP contribution in [0.1, 0.15) is 17.9 Å². The van der Waals surface area contributed by atoms with Crippen LogP contribution < -0.4 is 16.6 Å². The monoisotopic (exact) mass is 224 g/mol. The Morgan fingerprint density at radius 2 is 2.19 bits per heavy atom. The normalized spacial score (nSPS) is 18.8. The lowest BCUT2D eigenvalue weighted by molar-refractivity contribution is -0.140. The maximum Gasteiger partial charge on any atom is 0.311 e. The third-order valence-corrected chi connectivity index (χ3v) is 2.27. The van der Waals surface area contributed by atoms with Gasteiger partial charge in [-0.15, -0.1) is 0 Å². The maximum atomic E-state index is 11.5. The molecule has 1 aliphatic heterocycles. The number of rotatable bonds is 1. The number of aromatic amines is 1. The molecule has 2 heterocycles. The lowest BCUT2D eigenvalue weighted by Crippen LogP contribution is -2.34. The molecule has 0 fully saturated rings. The van der Waals surface area contributed by atoms with E-state index < -0.39 is 23.4 Å². The molecule has 5 N–H and O–H groups in total. The van der Waals surface area contributed by atoms with Crippen LogP contribution in [-0.2, 0) is 9.59 Å². The van der Waals surface area contributed by atoms with Crippen molar-refractivity contribution in [2.24, 2.45) is 0 Å². The first-order valence-corrected chi connectivity index (χ1v) is 4.41. The van der Waals surface area contributed by atoms with Crippen molar-refractivity contribution >= 4 is 23.6 Å². The smallest absolute Gasteiger partial charge is 0.311 e. The van der Waals surface area contributed by atoms with Crippen LogP contribution in [0.3, 0.4) is 0 Å². The SMILES string of the molecule is Nc1nc2c(c(=O)[nH]1)[C@H](C(=O)O)CC(=O)N2. The van der Waals surface area contributed by atoms with Crippen molar-refractivity contribution in [3.63, 3.8) is 0 Å². The second-order valence-electron chi connectivity index (χ2n) is 3.36. The summed E-state index contributed by atoms with van der Waals surface area (Å²) in [7, 11) is 0. The molecule has 0 aromatic carbocycles. The number of H-pyrrole nitrogens is 1. The van der Waals surface area contributed by atoms with E-state index in [4.69, 9.17) is 10.8 Å². The van der Waals surface area contributed by atoms with Gasteiger partial charge in [-0.2, -0.15) is 4.98 Å². The highest BCUT2D eigenvalue weighted by Crippen LogP contribution is 2.27. The van der Waals surface area contributed by atoms with E-state index >= 15 is 0 Å². The number of nitrogens with zero attached hydrogens (tertiary/aromatic N) is 1. The first-order chi connectivity index (χ1) is 7.49. The Morgan fingerprint density at radius 3 is 2.81 bits per heavy atom. The van der Waals surface area contributed by atoms with Gasteiger partial charge in [-0.1, -0.05) is 0 Å². The molecule has 1 atom stereocenters. The standard InChI is InChI=1S/C8H8N4O4/c9-8-11-5-4(6(14)12-8)2(7(15)16)1-3(13)10-5/h2H,1H2,(H,15,16)(H4,9,10,11,12,13,14)/t2-/m1/s1. The van der Waals surface area contributed by atoms with E-state index in [-0.39, 0.29) is 23.8 Å². The molecule has 1 amide bonds. The average molecular weight is 224 g/mol. The third kappa shape index (κ3) is 1.49. The number of nitrogen functional groups attached to an aromatic ring is 1. The third-order valence-electron chi connectivity index (χ3n) is 2.27. The molecule has 1 aliphatic rings. The van der Waals surface area contributed by atoms with E-state index in [1.165, 1.54) is 0 Å². The number of amides is 1. The van der Waals surface area contributed by atoms with E-state index in [0.717, 1.165) is 0 Å². The summed E-state index contributed by atoms with van der Waals surface area (Å²) in [5.41, 5.74) is 4.57. The van der Waals surface area contributed by atoms with Gasteiger partial charge in [0.1, 0.15) is 5.82 Å². The molecule has 8 nitrogen and oxygen atoms in total. The molecule has 84 valence electrons. The summed E-state index contributed by atoms with van der Waals surface area (Å²) in [5.74, 6) is -3.17. The van der Waals surface area contributed by atoms with Crippen LogP contribution in [0.25, 0.3) is 0 Å². The lowest BCUT2D eigenvalue weighted by atomic mass is 9.94. The summed E-state index contributed by atoms with van der Waals surface area (Å²) in [5, 5.41) is 11.2. The van der Waals surface area contributed by atoms with Crippen LogP contribution in [0.15, 0.2) is 4.79 Å². The quantitative estimate of drug-likeness (QED) is 0.475. The number of anilines is 2. The number of hydrogen-bond donors (Lipinski definition) is 4. The molecule has 0 aliphatic carbocycles. The minimum absolute atomic E-state index is 0.0682. The van der Waals surface area contributed by atoms with Gasteiger partial charge in [0.2, 0.25) is 11.9 Å². The zero-order valence-electron chi connectivity index (χ0n) is 7.98. The summed E-state index contributed by atoms with van der Waals surface area (Å²) in [4.78, 5) is 39.5. The second-order valence-corrected chi connectivity index (χ2v) is 3.36. The number of fused-ring (bicyclic) bond motifs is 1. The molecule has 8 heteroatoms. The molecule has 0 unspecified atom stereocenters. The van der Waals surface area contributed by atoms with Crippen molar-refractivity contribution in [1.82, 2.24) is 9.97 Å². The van der Waals surface area contributed by atoms with Crippen molar-refractivity contribution in [3.05, 3.63) is 15.9 Å². The molecule has 0 bridgehead atoms. The summed E-state index contributed by atoms with van der Waals surface area (Å²) in [6.45, 7) is 0. The number of aromatic nitrogens is 2. The van der Waals surface area contributed by atoms with Crippen LogP contribution in [-0.4, -0.2) is 27.0 Å². The van der Waals surface area contributed by atoms with Crippen molar-refractivity contribution in [3.8, 4) is 0 Å². The van der Waals surface area contributed by atoms with E-state index in [2.05, 4.69) is 15.3 Å². The van der Waals surface area contributed by atoms with Gasteiger partial charge in [0.05, 0.1) is 11.5 Å². The number of nitrogens with one attached hydrogen (secondary N) is 2. The summed E-state index contributed by atoms with van der Waals surface area (Å²) in [6.07, 6.45) is -0.281. The van der Waals surface area contributed by atoms with Gasteiger partial charge in [-0.05, 0) is 0 Å². The summed E-state index contributed by atoms with van der Waals surface area (Å²) < 4.78 is 0. The summed E-state index contributed by atoms with van der Waals surface area (Å²) >= 11 is 0. The molecule has 0 saturated carbocycles. The number of nitrogens with two attached hydrogens (primary N) is 1. The highest BCUT2D eigenvalue weighted by Gasteiger charge is 2.34. The minimum atomic E-state index is -1.24. The minimum Gasteiger partial charge on any atom is -0.481 e. The zero-order chi connectivity index (χ0) is 11.9. The number of carboxylic acid groups (broad SMARTS) is 1. The zero-order valence-corrected chi connectivity index (χ0v) is 7.98. The largest absolute Gasteiger partial charge is 0.481 e.